The molecule has 2 saturated heterocycles. The largest absolute Gasteiger partial charge is 0.497 e. The van der Waals surface area contributed by atoms with Crippen LogP contribution in [0.25, 0.3) is 0 Å². The second-order valence-electron chi connectivity index (χ2n) is 7.51. The molecule has 0 aromatic heterocycles. The summed E-state index contributed by atoms with van der Waals surface area (Å²) in [4.78, 5) is 30.5. The summed E-state index contributed by atoms with van der Waals surface area (Å²) in [5.41, 5.74) is 1.62. The van der Waals surface area contributed by atoms with Crippen LogP contribution in [-0.2, 0) is 4.79 Å². The number of amides is 3. The maximum absolute atomic E-state index is 13.5. The van der Waals surface area contributed by atoms with Crippen molar-refractivity contribution in [1.29, 1.82) is 0 Å². The Labute approximate surface area is 175 Å². The minimum Gasteiger partial charge on any atom is -0.497 e. The van der Waals surface area contributed by atoms with E-state index >= 15 is 0 Å². The Hall–Kier alpha value is -3.29. The number of piperazine rings is 1. The van der Waals surface area contributed by atoms with Crippen molar-refractivity contribution in [1.82, 2.24) is 10.2 Å². The third kappa shape index (κ3) is 4.32. The molecule has 2 heterocycles. The zero-order chi connectivity index (χ0) is 21.1. The van der Waals surface area contributed by atoms with E-state index in [1.54, 1.807) is 24.1 Å². The van der Waals surface area contributed by atoms with Crippen LogP contribution < -0.4 is 19.9 Å². The number of rotatable bonds is 4. The number of methoxy groups -OCH3 is 1. The molecule has 1 unspecified atom stereocenters. The van der Waals surface area contributed by atoms with E-state index in [4.69, 9.17) is 4.74 Å². The van der Waals surface area contributed by atoms with Gasteiger partial charge in [-0.05, 0) is 42.5 Å². The second-order valence-corrected chi connectivity index (χ2v) is 7.51. The van der Waals surface area contributed by atoms with Crippen LogP contribution in [0.15, 0.2) is 48.5 Å². The highest BCUT2D eigenvalue weighted by Gasteiger charge is 2.33. The van der Waals surface area contributed by atoms with Gasteiger partial charge in [-0.3, -0.25) is 4.79 Å². The van der Waals surface area contributed by atoms with Crippen molar-refractivity contribution in [2.75, 3.05) is 49.6 Å². The smallest absolute Gasteiger partial charge is 0.317 e. The van der Waals surface area contributed by atoms with Gasteiger partial charge in [0.1, 0.15) is 11.6 Å². The zero-order valence-electron chi connectivity index (χ0n) is 16.9. The van der Waals surface area contributed by atoms with Crippen LogP contribution in [0.1, 0.15) is 6.42 Å². The van der Waals surface area contributed by atoms with Crippen molar-refractivity contribution in [2.45, 2.75) is 12.5 Å². The number of benzene rings is 2. The fourth-order valence-electron chi connectivity index (χ4n) is 3.92. The van der Waals surface area contributed by atoms with Crippen LogP contribution >= 0.6 is 0 Å². The Balaban J connectivity index is 1.29. The zero-order valence-corrected chi connectivity index (χ0v) is 16.9. The van der Waals surface area contributed by atoms with E-state index in [-0.39, 0.29) is 30.2 Å². The van der Waals surface area contributed by atoms with Gasteiger partial charge >= 0.3 is 6.03 Å². The number of nitrogens with one attached hydrogen (secondary N) is 1. The SMILES string of the molecule is COc1ccc(N2CCN(C(=O)NC3CC(=O)N(c4cccc(F)c4)C3)CC2)cc1. The summed E-state index contributed by atoms with van der Waals surface area (Å²) < 4.78 is 18.7. The van der Waals surface area contributed by atoms with Crippen molar-refractivity contribution in [3.8, 4) is 5.75 Å². The van der Waals surface area contributed by atoms with Gasteiger partial charge in [-0.2, -0.15) is 0 Å². The number of nitrogens with zero attached hydrogens (tertiary/aromatic N) is 3. The monoisotopic (exact) mass is 412 g/mol. The maximum atomic E-state index is 13.5. The van der Waals surface area contributed by atoms with Gasteiger partial charge in [0.15, 0.2) is 0 Å². The van der Waals surface area contributed by atoms with Gasteiger partial charge < -0.3 is 24.8 Å². The Kier molecular flexibility index (Phi) is 5.74. The number of carbonyl (C=O) groups is 2. The van der Waals surface area contributed by atoms with Gasteiger partial charge in [0.25, 0.3) is 0 Å². The predicted molar refractivity (Wildman–Crippen MR) is 112 cm³/mol. The molecular weight excluding hydrogens is 387 g/mol. The van der Waals surface area contributed by atoms with E-state index in [1.165, 1.54) is 17.0 Å². The average Bonchev–Trinajstić information content (AvgIpc) is 3.14. The highest BCUT2D eigenvalue weighted by atomic mass is 19.1. The highest BCUT2D eigenvalue weighted by molar-refractivity contribution is 5.96. The molecule has 0 aliphatic carbocycles. The molecule has 1 N–H and O–H groups in total. The molecule has 0 spiro atoms. The lowest BCUT2D eigenvalue weighted by Crippen LogP contribution is -2.53. The molecule has 7 nitrogen and oxygen atoms in total. The van der Waals surface area contributed by atoms with Crippen molar-refractivity contribution < 1.29 is 18.7 Å². The average molecular weight is 412 g/mol. The number of anilines is 2. The summed E-state index contributed by atoms with van der Waals surface area (Å²) in [6.45, 7) is 3.02. The van der Waals surface area contributed by atoms with Crippen molar-refractivity contribution >= 4 is 23.3 Å². The lowest BCUT2D eigenvalue weighted by atomic mass is 10.2. The molecule has 2 aliphatic heterocycles. The van der Waals surface area contributed by atoms with Gasteiger partial charge in [-0.25, -0.2) is 9.18 Å². The van der Waals surface area contributed by atoms with Gasteiger partial charge in [-0.1, -0.05) is 6.07 Å². The van der Waals surface area contributed by atoms with Crippen molar-refractivity contribution in [3.05, 3.63) is 54.3 Å². The highest BCUT2D eigenvalue weighted by Crippen LogP contribution is 2.23. The molecule has 8 heteroatoms. The minimum atomic E-state index is -0.387. The summed E-state index contributed by atoms with van der Waals surface area (Å²) in [6, 6.07) is 13.4. The Morgan fingerprint density at radius 3 is 2.47 bits per heavy atom. The van der Waals surface area contributed by atoms with Gasteiger partial charge in [0, 0.05) is 50.5 Å². The molecule has 2 aromatic carbocycles. The summed E-state index contributed by atoms with van der Waals surface area (Å²) in [5, 5.41) is 2.96. The second kappa shape index (κ2) is 8.61. The third-order valence-electron chi connectivity index (χ3n) is 5.58. The first-order valence-corrected chi connectivity index (χ1v) is 10.0. The number of hydrogen-bond acceptors (Lipinski definition) is 4. The van der Waals surface area contributed by atoms with Gasteiger partial charge in [-0.15, -0.1) is 0 Å². The predicted octanol–water partition coefficient (Wildman–Crippen LogP) is 2.47. The summed E-state index contributed by atoms with van der Waals surface area (Å²) in [7, 11) is 1.64. The first-order valence-electron chi connectivity index (χ1n) is 10.0. The number of urea groups is 1. The third-order valence-corrected chi connectivity index (χ3v) is 5.58. The molecule has 158 valence electrons. The molecule has 2 fully saturated rings. The van der Waals surface area contributed by atoms with Crippen LogP contribution in [-0.4, -0.2) is 62.7 Å². The number of ether oxygens (including phenoxy) is 1. The minimum absolute atomic E-state index is 0.116. The first kappa shape index (κ1) is 20.0. The molecule has 3 amide bonds. The summed E-state index contributed by atoms with van der Waals surface area (Å²) in [6.07, 6.45) is 0.216. The molecule has 4 rings (SSSR count). The first-order chi connectivity index (χ1) is 14.5. The molecular formula is C22H25FN4O3. The number of halogens is 1. The number of hydrogen-bond donors (Lipinski definition) is 1. The van der Waals surface area contributed by atoms with Crippen molar-refractivity contribution in [3.63, 3.8) is 0 Å². The molecule has 0 bridgehead atoms. The van der Waals surface area contributed by atoms with Gasteiger partial charge in [0.05, 0.1) is 13.2 Å². The Bertz CT molecular complexity index is 913. The van der Waals surface area contributed by atoms with Crippen LogP contribution in [0.5, 0.6) is 5.75 Å². The normalized spacial score (nSPS) is 19.2. The van der Waals surface area contributed by atoms with Crippen LogP contribution in [0.3, 0.4) is 0 Å². The van der Waals surface area contributed by atoms with Crippen LogP contribution in [0, 0.1) is 5.82 Å². The van der Waals surface area contributed by atoms with E-state index in [0.29, 0.717) is 25.3 Å². The van der Waals surface area contributed by atoms with Crippen molar-refractivity contribution in [2.24, 2.45) is 0 Å². The van der Waals surface area contributed by atoms with E-state index in [0.717, 1.165) is 24.5 Å². The lowest BCUT2D eigenvalue weighted by Gasteiger charge is -2.36. The summed E-state index contributed by atoms with van der Waals surface area (Å²) >= 11 is 0. The topological polar surface area (TPSA) is 65.1 Å². The van der Waals surface area contributed by atoms with Crippen LogP contribution in [0.2, 0.25) is 0 Å². The van der Waals surface area contributed by atoms with E-state index in [1.807, 2.05) is 24.3 Å². The molecule has 30 heavy (non-hydrogen) atoms. The lowest BCUT2D eigenvalue weighted by molar-refractivity contribution is -0.117. The standard InChI is InChI=1S/C22H25FN4O3/c1-30-20-7-5-18(6-8-20)25-9-11-26(12-10-25)22(29)24-17-14-21(28)27(15-17)19-4-2-3-16(23)13-19/h2-8,13,17H,9-12,14-15H2,1H3,(H,24,29). The molecule has 0 saturated carbocycles. The maximum Gasteiger partial charge on any atom is 0.317 e. The van der Waals surface area contributed by atoms with Gasteiger partial charge in [0.2, 0.25) is 5.91 Å². The molecule has 2 aliphatic rings. The van der Waals surface area contributed by atoms with E-state index < -0.39 is 0 Å². The fraction of sp³-hybridized carbons (Fsp3) is 0.364. The Morgan fingerprint density at radius 1 is 1.07 bits per heavy atom. The van der Waals surface area contributed by atoms with E-state index in [9.17, 15) is 14.0 Å². The molecule has 1 atom stereocenters. The number of carbonyl (C=O) groups excluding carboxylic acids is 2. The fourth-order valence-corrected chi connectivity index (χ4v) is 3.92. The van der Waals surface area contributed by atoms with E-state index in [2.05, 4.69) is 10.2 Å². The molecule has 2 aromatic rings. The Morgan fingerprint density at radius 2 is 1.80 bits per heavy atom. The quantitative estimate of drug-likeness (QED) is 0.838. The summed E-state index contributed by atoms with van der Waals surface area (Å²) in [5.74, 6) is 0.313. The van der Waals surface area contributed by atoms with Crippen LogP contribution in [0.4, 0.5) is 20.6 Å². The molecule has 0 radical (unpaired) electrons.